The fraction of sp³-hybridized carbons (Fsp3) is 0.300. The average molecular weight is 180 g/mol. The van der Waals surface area contributed by atoms with Crippen molar-refractivity contribution in [2.75, 3.05) is 6.61 Å². The van der Waals surface area contributed by atoms with Gasteiger partial charge in [0.1, 0.15) is 5.41 Å². The van der Waals surface area contributed by atoms with Crippen molar-refractivity contribution in [3.8, 4) is 0 Å². The van der Waals surface area contributed by atoms with Crippen LogP contribution in [0.1, 0.15) is 12.5 Å². The monoisotopic (exact) mass is 180 g/mol. The van der Waals surface area contributed by atoms with E-state index < -0.39 is 18.0 Å². The molecular weight excluding hydrogens is 168 g/mol. The van der Waals surface area contributed by atoms with Gasteiger partial charge < -0.3 is 10.2 Å². The molecule has 1 rings (SSSR count). The normalized spacial score (nSPS) is 14.9. The quantitative estimate of drug-likeness (QED) is 0.730. The van der Waals surface area contributed by atoms with Crippen molar-refractivity contribution >= 4 is 5.97 Å². The summed E-state index contributed by atoms with van der Waals surface area (Å²) in [5, 5.41) is 18.0. The Morgan fingerprint density at radius 2 is 1.92 bits per heavy atom. The van der Waals surface area contributed by atoms with Gasteiger partial charge >= 0.3 is 5.97 Å². The summed E-state index contributed by atoms with van der Waals surface area (Å²) in [6.07, 6.45) is 0. The average Bonchev–Trinajstić information content (AvgIpc) is 2.17. The van der Waals surface area contributed by atoms with Crippen molar-refractivity contribution in [3.63, 3.8) is 0 Å². The van der Waals surface area contributed by atoms with Crippen LogP contribution >= 0.6 is 0 Å². The van der Waals surface area contributed by atoms with Crippen LogP contribution in [0.25, 0.3) is 0 Å². The Bertz CT molecular complexity index is 294. The number of carboxylic acids is 1. The molecule has 0 saturated heterocycles. The SMILES string of the molecule is CC(CO)(C(=O)O)c1ccccc1. The highest BCUT2D eigenvalue weighted by atomic mass is 16.4. The molecule has 0 amide bonds. The summed E-state index contributed by atoms with van der Waals surface area (Å²) in [6, 6.07) is 8.72. The Morgan fingerprint density at radius 3 is 2.31 bits per heavy atom. The number of aliphatic carboxylic acids is 1. The second kappa shape index (κ2) is 3.58. The summed E-state index contributed by atoms with van der Waals surface area (Å²) in [7, 11) is 0. The maximum absolute atomic E-state index is 10.9. The summed E-state index contributed by atoms with van der Waals surface area (Å²) in [4.78, 5) is 10.9. The van der Waals surface area contributed by atoms with E-state index in [-0.39, 0.29) is 0 Å². The van der Waals surface area contributed by atoms with Gasteiger partial charge in [-0.05, 0) is 12.5 Å². The van der Waals surface area contributed by atoms with Crippen LogP contribution in [0.5, 0.6) is 0 Å². The largest absolute Gasteiger partial charge is 0.481 e. The van der Waals surface area contributed by atoms with Gasteiger partial charge in [-0.3, -0.25) is 4.79 Å². The first-order valence-corrected chi connectivity index (χ1v) is 4.01. The molecule has 70 valence electrons. The van der Waals surface area contributed by atoms with E-state index in [1.807, 2.05) is 6.07 Å². The molecular formula is C10H12O3. The van der Waals surface area contributed by atoms with Crippen LogP contribution in [0.15, 0.2) is 30.3 Å². The van der Waals surface area contributed by atoms with Gasteiger partial charge in [0.25, 0.3) is 0 Å². The van der Waals surface area contributed by atoms with Crippen molar-refractivity contribution in [2.24, 2.45) is 0 Å². The summed E-state index contributed by atoms with van der Waals surface area (Å²) < 4.78 is 0. The Labute approximate surface area is 76.6 Å². The first-order chi connectivity index (χ1) is 6.11. The van der Waals surface area contributed by atoms with Crippen molar-refractivity contribution in [1.29, 1.82) is 0 Å². The standard InChI is InChI=1S/C10H12O3/c1-10(7-11,9(12)13)8-5-3-2-4-6-8/h2-6,11H,7H2,1H3,(H,12,13). The lowest BCUT2D eigenvalue weighted by Crippen LogP contribution is -2.36. The van der Waals surface area contributed by atoms with Gasteiger partial charge in [-0.25, -0.2) is 0 Å². The molecule has 1 atom stereocenters. The van der Waals surface area contributed by atoms with Gasteiger partial charge in [-0.2, -0.15) is 0 Å². The summed E-state index contributed by atoms with van der Waals surface area (Å²) in [5.74, 6) is -1.01. The molecule has 0 bridgehead atoms. The van der Waals surface area contributed by atoms with E-state index in [2.05, 4.69) is 0 Å². The molecule has 0 aliphatic heterocycles. The smallest absolute Gasteiger partial charge is 0.316 e. The number of aliphatic hydroxyl groups excluding tert-OH is 1. The summed E-state index contributed by atoms with van der Waals surface area (Å²) in [5.41, 5.74) is -0.577. The lowest BCUT2D eigenvalue weighted by molar-refractivity contribution is -0.144. The molecule has 1 aromatic carbocycles. The number of carbonyl (C=O) groups is 1. The van der Waals surface area contributed by atoms with Gasteiger partial charge in [0.2, 0.25) is 0 Å². The van der Waals surface area contributed by atoms with E-state index in [1.165, 1.54) is 6.92 Å². The maximum Gasteiger partial charge on any atom is 0.316 e. The van der Waals surface area contributed by atoms with Crippen LogP contribution in [0, 0.1) is 0 Å². The number of hydrogen-bond donors (Lipinski definition) is 2. The number of hydrogen-bond acceptors (Lipinski definition) is 2. The minimum absolute atomic E-state index is 0.396. The molecule has 0 aliphatic rings. The molecule has 1 unspecified atom stereocenters. The Hall–Kier alpha value is -1.35. The number of aliphatic hydroxyl groups is 1. The van der Waals surface area contributed by atoms with Crippen LogP contribution in [-0.4, -0.2) is 22.8 Å². The maximum atomic E-state index is 10.9. The highest BCUT2D eigenvalue weighted by Crippen LogP contribution is 2.22. The van der Waals surface area contributed by atoms with Crippen molar-refractivity contribution in [3.05, 3.63) is 35.9 Å². The van der Waals surface area contributed by atoms with Gasteiger partial charge in [-0.15, -0.1) is 0 Å². The zero-order valence-electron chi connectivity index (χ0n) is 7.40. The lowest BCUT2D eigenvalue weighted by Gasteiger charge is -2.22. The van der Waals surface area contributed by atoms with Gasteiger partial charge in [0.05, 0.1) is 6.61 Å². The second-order valence-corrected chi connectivity index (χ2v) is 3.16. The molecule has 0 aliphatic carbocycles. The van der Waals surface area contributed by atoms with E-state index >= 15 is 0 Å². The van der Waals surface area contributed by atoms with Crippen LogP contribution in [-0.2, 0) is 10.2 Å². The van der Waals surface area contributed by atoms with Crippen molar-refractivity contribution in [1.82, 2.24) is 0 Å². The number of benzene rings is 1. The fourth-order valence-electron chi connectivity index (χ4n) is 1.09. The zero-order valence-corrected chi connectivity index (χ0v) is 7.40. The molecule has 13 heavy (non-hydrogen) atoms. The zero-order chi connectivity index (χ0) is 9.90. The molecule has 0 aromatic heterocycles. The molecule has 0 spiro atoms. The first kappa shape index (κ1) is 9.74. The van der Waals surface area contributed by atoms with Gasteiger partial charge in [0.15, 0.2) is 0 Å². The van der Waals surface area contributed by atoms with Crippen molar-refractivity contribution < 1.29 is 15.0 Å². The first-order valence-electron chi connectivity index (χ1n) is 4.01. The Kier molecular flexibility index (Phi) is 2.68. The molecule has 3 nitrogen and oxygen atoms in total. The molecule has 0 radical (unpaired) electrons. The Morgan fingerprint density at radius 1 is 1.38 bits per heavy atom. The van der Waals surface area contributed by atoms with Crippen LogP contribution in [0.2, 0.25) is 0 Å². The molecule has 1 aromatic rings. The third kappa shape index (κ3) is 1.70. The third-order valence-corrected chi connectivity index (χ3v) is 2.20. The molecule has 2 N–H and O–H groups in total. The van der Waals surface area contributed by atoms with E-state index in [1.54, 1.807) is 24.3 Å². The van der Waals surface area contributed by atoms with Crippen LogP contribution < -0.4 is 0 Å². The van der Waals surface area contributed by atoms with Gasteiger partial charge in [0, 0.05) is 0 Å². The molecule has 3 heteroatoms. The number of carboxylic acid groups (broad SMARTS) is 1. The van der Waals surface area contributed by atoms with E-state index in [9.17, 15) is 4.79 Å². The summed E-state index contributed by atoms with van der Waals surface area (Å²) in [6.45, 7) is 1.11. The molecule has 0 fully saturated rings. The summed E-state index contributed by atoms with van der Waals surface area (Å²) >= 11 is 0. The Balaban J connectivity index is 3.11. The van der Waals surface area contributed by atoms with Crippen LogP contribution in [0.3, 0.4) is 0 Å². The van der Waals surface area contributed by atoms with E-state index in [0.29, 0.717) is 5.56 Å². The van der Waals surface area contributed by atoms with Gasteiger partial charge in [-0.1, -0.05) is 30.3 Å². The predicted molar refractivity (Wildman–Crippen MR) is 48.5 cm³/mol. The lowest BCUT2D eigenvalue weighted by atomic mass is 9.83. The highest BCUT2D eigenvalue weighted by molar-refractivity contribution is 5.80. The van der Waals surface area contributed by atoms with E-state index in [4.69, 9.17) is 10.2 Å². The highest BCUT2D eigenvalue weighted by Gasteiger charge is 2.34. The minimum Gasteiger partial charge on any atom is -0.481 e. The topological polar surface area (TPSA) is 57.5 Å². The molecule has 0 saturated carbocycles. The third-order valence-electron chi connectivity index (χ3n) is 2.20. The number of rotatable bonds is 3. The predicted octanol–water partition coefficient (Wildman–Crippen LogP) is 1.02. The fourth-order valence-corrected chi connectivity index (χ4v) is 1.09. The minimum atomic E-state index is -1.19. The second-order valence-electron chi connectivity index (χ2n) is 3.16. The molecule has 0 heterocycles. The van der Waals surface area contributed by atoms with E-state index in [0.717, 1.165) is 0 Å². The van der Waals surface area contributed by atoms with Crippen molar-refractivity contribution in [2.45, 2.75) is 12.3 Å². The van der Waals surface area contributed by atoms with Crippen LogP contribution in [0.4, 0.5) is 0 Å².